The Morgan fingerprint density at radius 3 is 2.50 bits per heavy atom. The minimum absolute atomic E-state index is 0.139. The third-order valence-corrected chi connectivity index (χ3v) is 3.90. The van der Waals surface area contributed by atoms with Gasteiger partial charge in [0.15, 0.2) is 0 Å². The third kappa shape index (κ3) is 6.05. The maximum absolute atomic E-state index is 13.8. The van der Waals surface area contributed by atoms with Gasteiger partial charge in [0, 0.05) is 30.3 Å². The molecule has 0 unspecified atom stereocenters. The van der Waals surface area contributed by atoms with Gasteiger partial charge in [0.05, 0.1) is 12.3 Å². The van der Waals surface area contributed by atoms with Crippen molar-refractivity contribution < 1.29 is 27.4 Å². The lowest BCUT2D eigenvalue weighted by atomic mass is 10.1. The smallest absolute Gasteiger partial charge is 0.406 e. The van der Waals surface area contributed by atoms with Gasteiger partial charge in [-0.2, -0.15) is 4.98 Å². The SMILES string of the molecule is OCCNc1nc(NCc2ccccc2F)cc(-c2cccc(OC(F)(F)F)c2)n1. The molecule has 0 aliphatic carbocycles. The number of aliphatic hydroxyl groups excluding tert-OH is 1. The number of hydrogen-bond acceptors (Lipinski definition) is 6. The number of aliphatic hydroxyl groups is 1. The Kier molecular flexibility index (Phi) is 6.68. The van der Waals surface area contributed by atoms with Crippen LogP contribution in [0.3, 0.4) is 0 Å². The summed E-state index contributed by atoms with van der Waals surface area (Å²) in [6, 6.07) is 13.1. The molecule has 0 saturated carbocycles. The highest BCUT2D eigenvalue weighted by Gasteiger charge is 2.31. The summed E-state index contributed by atoms with van der Waals surface area (Å²) in [6.45, 7) is 0.147. The highest BCUT2D eigenvalue weighted by molar-refractivity contribution is 5.66. The van der Waals surface area contributed by atoms with Gasteiger partial charge in [-0.05, 0) is 18.2 Å². The summed E-state index contributed by atoms with van der Waals surface area (Å²) in [7, 11) is 0. The van der Waals surface area contributed by atoms with Crippen molar-refractivity contribution in [2.75, 3.05) is 23.8 Å². The highest BCUT2D eigenvalue weighted by atomic mass is 19.4. The standard InChI is InChI=1S/C20H18F4N4O2/c21-16-7-2-1-4-14(16)12-26-18-11-17(27-19(28-18)25-8-9-29)13-5-3-6-15(10-13)30-20(22,23)24/h1-7,10-11,29H,8-9,12H2,(H2,25,26,27,28). The fourth-order valence-electron chi connectivity index (χ4n) is 2.61. The first-order chi connectivity index (χ1) is 14.3. The second-order valence-corrected chi connectivity index (χ2v) is 6.13. The lowest BCUT2D eigenvalue weighted by Gasteiger charge is -2.13. The minimum Gasteiger partial charge on any atom is -0.406 e. The summed E-state index contributed by atoms with van der Waals surface area (Å²) in [5.41, 5.74) is 1.09. The average molecular weight is 422 g/mol. The van der Waals surface area contributed by atoms with Crippen molar-refractivity contribution in [1.82, 2.24) is 9.97 Å². The number of anilines is 2. The Balaban J connectivity index is 1.89. The van der Waals surface area contributed by atoms with Crippen LogP contribution < -0.4 is 15.4 Å². The summed E-state index contributed by atoms with van der Waals surface area (Å²) < 4.78 is 55.3. The average Bonchev–Trinajstić information content (AvgIpc) is 2.70. The molecule has 10 heteroatoms. The van der Waals surface area contributed by atoms with Gasteiger partial charge >= 0.3 is 6.36 Å². The number of alkyl halides is 3. The fourth-order valence-corrected chi connectivity index (χ4v) is 2.61. The van der Waals surface area contributed by atoms with E-state index in [2.05, 4.69) is 25.3 Å². The first-order valence-corrected chi connectivity index (χ1v) is 8.91. The number of halogens is 4. The zero-order chi connectivity index (χ0) is 21.6. The molecule has 0 spiro atoms. The van der Waals surface area contributed by atoms with Crippen molar-refractivity contribution in [3.05, 3.63) is 66.0 Å². The van der Waals surface area contributed by atoms with E-state index in [1.807, 2.05) is 0 Å². The molecule has 2 aromatic carbocycles. The molecule has 0 amide bonds. The van der Waals surface area contributed by atoms with Crippen molar-refractivity contribution in [3.63, 3.8) is 0 Å². The second-order valence-electron chi connectivity index (χ2n) is 6.13. The molecule has 0 radical (unpaired) electrons. The molecule has 158 valence electrons. The monoisotopic (exact) mass is 422 g/mol. The van der Waals surface area contributed by atoms with E-state index in [0.29, 0.717) is 22.6 Å². The molecular formula is C20H18F4N4O2. The number of ether oxygens (including phenoxy) is 1. The van der Waals surface area contributed by atoms with Gasteiger partial charge < -0.3 is 20.5 Å². The number of hydrogen-bond donors (Lipinski definition) is 3. The topological polar surface area (TPSA) is 79.3 Å². The molecule has 30 heavy (non-hydrogen) atoms. The van der Waals surface area contributed by atoms with Crippen LogP contribution in [0.1, 0.15) is 5.56 Å². The van der Waals surface area contributed by atoms with Gasteiger partial charge in [-0.1, -0.05) is 30.3 Å². The number of benzene rings is 2. The predicted octanol–water partition coefficient (Wildman–Crippen LogP) is 4.20. The number of nitrogens with zero attached hydrogens (tertiary/aromatic N) is 2. The Bertz CT molecular complexity index is 999. The first kappa shape index (κ1) is 21.3. The van der Waals surface area contributed by atoms with Crippen LogP contribution in [0.5, 0.6) is 5.75 Å². The highest BCUT2D eigenvalue weighted by Crippen LogP contribution is 2.28. The van der Waals surface area contributed by atoms with E-state index in [9.17, 15) is 17.6 Å². The van der Waals surface area contributed by atoms with E-state index < -0.39 is 6.36 Å². The summed E-state index contributed by atoms with van der Waals surface area (Å²) in [5.74, 6) is -0.287. The zero-order valence-corrected chi connectivity index (χ0v) is 15.6. The maximum atomic E-state index is 13.8. The van der Waals surface area contributed by atoms with E-state index in [0.717, 1.165) is 0 Å². The van der Waals surface area contributed by atoms with E-state index in [1.165, 1.54) is 30.3 Å². The van der Waals surface area contributed by atoms with Gasteiger partial charge in [0.1, 0.15) is 17.4 Å². The van der Waals surface area contributed by atoms with Crippen molar-refractivity contribution >= 4 is 11.8 Å². The van der Waals surface area contributed by atoms with E-state index >= 15 is 0 Å². The molecular weight excluding hydrogens is 404 g/mol. The van der Waals surface area contributed by atoms with Crippen molar-refractivity contribution in [2.24, 2.45) is 0 Å². The van der Waals surface area contributed by atoms with Gasteiger partial charge in [-0.25, -0.2) is 9.37 Å². The molecule has 3 rings (SSSR count). The summed E-state index contributed by atoms with van der Waals surface area (Å²) >= 11 is 0. The molecule has 0 saturated heterocycles. The summed E-state index contributed by atoms with van der Waals surface area (Å²) in [4.78, 5) is 8.51. The normalized spacial score (nSPS) is 11.2. The van der Waals surface area contributed by atoms with Crippen molar-refractivity contribution in [3.8, 4) is 17.0 Å². The molecule has 1 aromatic heterocycles. The van der Waals surface area contributed by atoms with Gasteiger partial charge in [0.25, 0.3) is 0 Å². The fraction of sp³-hybridized carbons (Fsp3) is 0.200. The van der Waals surface area contributed by atoms with Crippen LogP contribution >= 0.6 is 0 Å². The molecule has 3 aromatic rings. The molecule has 0 atom stereocenters. The Hall–Kier alpha value is -3.40. The molecule has 0 aliphatic rings. The van der Waals surface area contributed by atoms with Gasteiger partial charge in [0.2, 0.25) is 5.95 Å². The van der Waals surface area contributed by atoms with E-state index in [-0.39, 0.29) is 37.2 Å². The Morgan fingerprint density at radius 1 is 0.967 bits per heavy atom. The van der Waals surface area contributed by atoms with Gasteiger partial charge in [-0.15, -0.1) is 13.2 Å². The molecule has 3 N–H and O–H groups in total. The molecule has 0 bridgehead atoms. The molecule has 1 heterocycles. The van der Waals surface area contributed by atoms with Crippen LogP contribution in [0.15, 0.2) is 54.6 Å². The van der Waals surface area contributed by atoms with Crippen LogP contribution in [0.4, 0.5) is 29.3 Å². The van der Waals surface area contributed by atoms with Crippen molar-refractivity contribution in [1.29, 1.82) is 0 Å². The zero-order valence-electron chi connectivity index (χ0n) is 15.6. The van der Waals surface area contributed by atoms with Crippen LogP contribution in [-0.4, -0.2) is 34.6 Å². The van der Waals surface area contributed by atoms with Crippen LogP contribution in [0.2, 0.25) is 0 Å². The third-order valence-electron chi connectivity index (χ3n) is 3.90. The quantitative estimate of drug-likeness (QED) is 0.473. The molecule has 6 nitrogen and oxygen atoms in total. The Morgan fingerprint density at radius 2 is 1.77 bits per heavy atom. The van der Waals surface area contributed by atoms with Crippen molar-refractivity contribution in [2.45, 2.75) is 12.9 Å². The van der Waals surface area contributed by atoms with E-state index in [1.54, 1.807) is 24.3 Å². The Labute approximate surface area is 169 Å². The van der Waals surface area contributed by atoms with Crippen LogP contribution in [0.25, 0.3) is 11.3 Å². The molecule has 0 fully saturated rings. The van der Waals surface area contributed by atoms with E-state index in [4.69, 9.17) is 5.11 Å². The minimum atomic E-state index is -4.81. The molecule has 0 aliphatic heterocycles. The second kappa shape index (κ2) is 9.40. The maximum Gasteiger partial charge on any atom is 0.573 e. The largest absolute Gasteiger partial charge is 0.573 e. The first-order valence-electron chi connectivity index (χ1n) is 8.91. The van der Waals surface area contributed by atoms with Crippen LogP contribution in [-0.2, 0) is 6.54 Å². The summed E-state index contributed by atoms with van der Waals surface area (Å²) in [6.07, 6.45) is -4.81. The number of aromatic nitrogens is 2. The lowest BCUT2D eigenvalue weighted by molar-refractivity contribution is -0.274. The van der Waals surface area contributed by atoms with Crippen LogP contribution in [0, 0.1) is 5.82 Å². The number of rotatable bonds is 8. The summed E-state index contributed by atoms with van der Waals surface area (Å²) in [5, 5.41) is 14.8. The predicted molar refractivity (Wildman–Crippen MR) is 103 cm³/mol. The lowest BCUT2D eigenvalue weighted by Crippen LogP contribution is -2.17. The van der Waals surface area contributed by atoms with Gasteiger partial charge in [-0.3, -0.25) is 0 Å². The number of nitrogens with one attached hydrogen (secondary N) is 2.